The molecule has 1 N–H and O–H groups in total. The summed E-state index contributed by atoms with van der Waals surface area (Å²) in [7, 11) is -3.45. The molecule has 19 heavy (non-hydrogen) atoms. The number of hydrogen-bond donors (Lipinski definition) is 1. The molecule has 1 aromatic rings. The van der Waals surface area contributed by atoms with Crippen LogP contribution in [0.4, 0.5) is 0 Å². The fraction of sp³-hybridized carbons (Fsp3) is 0.455. The molecular weight excluding hydrogens is 434 g/mol. The van der Waals surface area contributed by atoms with Gasteiger partial charge in [-0.15, -0.1) is 0 Å². The average molecular weight is 447 g/mol. The van der Waals surface area contributed by atoms with Crippen molar-refractivity contribution in [3.8, 4) is 0 Å². The van der Waals surface area contributed by atoms with Gasteiger partial charge in [0.25, 0.3) is 0 Å². The van der Waals surface area contributed by atoms with Crippen LogP contribution in [0.5, 0.6) is 0 Å². The number of benzene rings is 1. The standard InChI is InChI=1S/C11H13Br2NO2S3/c12-8-1-2-11(10(13)5-8)19(15,16)14-6-9-7-17-3-4-18-9/h1-2,5,9,14H,3-4,6-7H2. The molecule has 3 nitrogen and oxygen atoms in total. The van der Waals surface area contributed by atoms with E-state index < -0.39 is 10.0 Å². The molecule has 1 aliphatic heterocycles. The molecular formula is C11H13Br2NO2S3. The van der Waals surface area contributed by atoms with Crippen molar-refractivity contribution in [3.63, 3.8) is 0 Å². The summed E-state index contributed by atoms with van der Waals surface area (Å²) < 4.78 is 28.6. The van der Waals surface area contributed by atoms with Crippen molar-refractivity contribution >= 4 is 65.4 Å². The van der Waals surface area contributed by atoms with Gasteiger partial charge in [0.15, 0.2) is 0 Å². The first-order valence-electron chi connectivity index (χ1n) is 5.63. The van der Waals surface area contributed by atoms with Crippen molar-refractivity contribution in [1.29, 1.82) is 0 Å². The smallest absolute Gasteiger partial charge is 0.210 e. The highest BCUT2D eigenvalue weighted by molar-refractivity contribution is 9.11. The second kappa shape index (κ2) is 7.17. The van der Waals surface area contributed by atoms with Crippen LogP contribution < -0.4 is 4.72 Å². The maximum atomic E-state index is 12.2. The zero-order chi connectivity index (χ0) is 13.9. The van der Waals surface area contributed by atoms with Crippen LogP contribution in [0.3, 0.4) is 0 Å². The molecule has 1 saturated heterocycles. The monoisotopic (exact) mass is 445 g/mol. The lowest BCUT2D eigenvalue weighted by molar-refractivity contribution is 0.581. The third-order valence-electron chi connectivity index (χ3n) is 2.57. The van der Waals surface area contributed by atoms with E-state index in [9.17, 15) is 8.42 Å². The van der Waals surface area contributed by atoms with Crippen molar-refractivity contribution in [2.24, 2.45) is 0 Å². The Kier molecular flexibility index (Phi) is 6.10. The second-order valence-corrected chi connectivity index (χ2v) is 10.1. The molecule has 1 aromatic carbocycles. The normalized spacial score (nSPS) is 20.4. The maximum absolute atomic E-state index is 12.2. The topological polar surface area (TPSA) is 46.2 Å². The van der Waals surface area contributed by atoms with Gasteiger partial charge in [-0.1, -0.05) is 15.9 Å². The number of nitrogens with one attached hydrogen (secondary N) is 1. The highest BCUT2D eigenvalue weighted by atomic mass is 79.9. The van der Waals surface area contributed by atoms with Gasteiger partial charge < -0.3 is 0 Å². The summed E-state index contributed by atoms with van der Waals surface area (Å²) in [4.78, 5) is 0.282. The van der Waals surface area contributed by atoms with Crippen molar-refractivity contribution in [3.05, 3.63) is 27.1 Å². The molecule has 0 aromatic heterocycles. The van der Waals surface area contributed by atoms with E-state index in [1.54, 1.807) is 18.2 Å². The van der Waals surface area contributed by atoms with Gasteiger partial charge in [-0.05, 0) is 34.1 Å². The lowest BCUT2D eigenvalue weighted by Gasteiger charge is -2.21. The number of rotatable bonds is 4. The van der Waals surface area contributed by atoms with Crippen LogP contribution in [0.2, 0.25) is 0 Å². The van der Waals surface area contributed by atoms with Gasteiger partial charge in [0.2, 0.25) is 10.0 Å². The van der Waals surface area contributed by atoms with Gasteiger partial charge in [-0.25, -0.2) is 13.1 Å². The van der Waals surface area contributed by atoms with Gasteiger partial charge in [0.1, 0.15) is 0 Å². The molecule has 106 valence electrons. The minimum atomic E-state index is -3.45. The van der Waals surface area contributed by atoms with Crippen LogP contribution in [0, 0.1) is 0 Å². The predicted molar refractivity (Wildman–Crippen MR) is 90.6 cm³/mol. The highest BCUT2D eigenvalue weighted by Crippen LogP contribution is 2.27. The van der Waals surface area contributed by atoms with E-state index in [1.165, 1.54) is 0 Å². The van der Waals surface area contributed by atoms with Gasteiger partial charge in [-0.3, -0.25) is 0 Å². The summed E-state index contributed by atoms with van der Waals surface area (Å²) in [6.07, 6.45) is 0. The van der Waals surface area contributed by atoms with E-state index in [1.807, 2.05) is 23.5 Å². The predicted octanol–water partition coefficient (Wildman–Crippen LogP) is 3.34. The largest absolute Gasteiger partial charge is 0.241 e. The average Bonchev–Trinajstić information content (AvgIpc) is 2.37. The van der Waals surface area contributed by atoms with Gasteiger partial charge >= 0.3 is 0 Å². The number of halogens is 2. The molecule has 0 spiro atoms. The number of thioether (sulfide) groups is 2. The molecule has 0 amide bonds. The summed E-state index contributed by atoms with van der Waals surface area (Å²) in [5.74, 6) is 3.26. The quantitative estimate of drug-likeness (QED) is 0.770. The van der Waals surface area contributed by atoms with Crippen molar-refractivity contribution < 1.29 is 8.42 Å². The Bertz CT molecular complexity index is 545. The van der Waals surface area contributed by atoms with E-state index >= 15 is 0 Å². The van der Waals surface area contributed by atoms with Crippen LogP contribution >= 0.6 is 55.4 Å². The van der Waals surface area contributed by atoms with E-state index in [0.29, 0.717) is 16.3 Å². The molecule has 1 fully saturated rings. The van der Waals surface area contributed by atoms with Crippen molar-refractivity contribution in [2.75, 3.05) is 23.8 Å². The zero-order valence-electron chi connectivity index (χ0n) is 9.93. The number of hydrogen-bond acceptors (Lipinski definition) is 4. The SMILES string of the molecule is O=S(=O)(NCC1CSCCS1)c1ccc(Br)cc1Br. The molecule has 2 rings (SSSR count). The van der Waals surface area contributed by atoms with Crippen molar-refractivity contribution in [1.82, 2.24) is 4.72 Å². The zero-order valence-corrected chi connectivity index (χ0v) is 15.6. The Hall–Kier alpha value is 0.790. The van der Waals surface area contributed by atoms with Crippen LogP contribution in [0.25, 0.3) is 0 Å². The summed E-state index contributed by atoms with van der Waals surface area (Å²) in [6, 6.07) is 5.06. The molecule has 8 heteroatoms. The lowest BCUT2D eigenvalue weighted by atomic mass is 10.4. The Morgan fingerprint density at radius 1 is 1.32 bits per heavy atom. The molecule has 1 heterocycles. The minimum Gasteiger partial charge on any atom is -0.210 e. The number of sulfonamides is 1. The third kappa shape index (κ3) is 4.64. The first-order chi connectivity index (χ1) is 8.99. The first kappa shape index (κ1) is 16.2. The summed E-state index contributed by atoms with van der Waals surface area (Å²) in [5.41, 5.74) is 0. The van der Waals surface area contributed by atoms with E-state index in [4.69, 9.17) is 0 Å². The fourth-order valence-corrected chi connectivity index (χ4v) is 7.17. The molecule has 1 atom stereocenters. The maximum Gasteiger partial charge on any atom is 0.241 e. The molecule has 0 aliphatic carbocycles. The van der Waals surface area contributed by atoms with Crippen LogP contribution in [0.15, 0.2) is 32.0 Å². The molecule has 0 bridgehead atoms. The van der Waals surface area contributed by atoms with Crippen molar-refractivity contribution in [2.45, 2.75) is 10.1 Å². The molecule has 1 aliphatic rings. The first-order valence-corrected chi connectivity index (χ1v) is 10.9. The summed E-state index contributed by atoms with van der Waals surface area (Å²) in [5, 5.41) is 0.364. The second-order valence-electron chi connectivity index (χ2n) is 3.99. The van der Waals surface area contributed by atoms with E-state index in [2.05, 4.69) is 36.6 Å². The summed E-state index contributed by atoms with van der Waals surface area (Å²) >= 11 is 10.3. The fourth-order valence-electron chi connectivity index (χ4n) is 1.63. The van der Waals surface area contributed by atoms with Gasteiger partial charge in [-0.2, -0.15) is 23.5 Å². The van der Waals surface area contributed by atoms with Crippen LogP contribution in [-0.2, 0) is 10.0 Å². The van der Waals surface area contributed by atoms with Gasteiger partial charge in [0, 0.05) is 38.0 Å². The molecule has 1 unspecified atom stereocenters. The van der Waals surface area contributed by atoms with E-state index in [-0.39, 0.29) is 4.90 Å². The minimum absolute atomic E-state index is 0.282. The summed E-state index contributed by atoms with van der Waals surface area (Å²) in [6.45, 7) is 0.489. The Balaban J connectivity index is 2.05. The highest BCUT2D eigenvalue weighted by Gasteiger charge is 2.21. The molecule has 0 saturated carbocycles. The van der Waals surface area contributed by atoms with Crippen LogP contribution in [-0.4, -0.2) is 37.5 Å². The molecule has 0 radical (unpaired) electrons. The van der Waals surface area contributed by atoms with E-state index in [0.717, 1.165) is 21.7 Å². The Labute approximate surface area is 139 Å². The van der Waals surface area contributed by atoms with Gasteiger partial charge in [0.05, 0.1) is 4.90 Å². The lowest BCUT2D eigenvalue weighted by Crippen LogP contribution is -2.33. The van der Waals surface area contributed by atoms with Crippen LogP contribution in [0.1, 0.15) is 0 Å². The Morgan fingerprint density at radius 3 is 2.74 bits per heavy atom. The Morgan fingerprint density at radius 2 is 2.11 bits per heavy atom. The third-order valence-corrected chi connectivity index (χ3v) is 8.31.